The lowest BCUT2D eigenvalue weighted by Crippen LogP contribution is -2.39. The molecule has 2 N–H and O–H groups in total. The molecule has 1 atom stereocenters. The van der Waals surface area contributed by atoms with Crippen molar-refractivity contribution in [1.82, 2.24) is 0 Å². The van der Waals surface area contributed by atoms with Gasteiger partial charge in [-0.05, 0) is 49.3 Å². The Kier molecular flexibility index (Phi) is 3.48. The van der Waals surface area contributed by atoms with E-state index in [9.17, 15) is 0 Å². The molecule has 0 heterocycles. The number of hydrogen-bond donors (Lipinski definition) is 1. The average Bonchev–Trinajstić information content (AvgIpc) is 2.16. The Morgan fingerprint density at radius 1 is 1.31 bits per heavy atom. The van der Waals surface area contributed by atoms with Gasteiger partial charge in [0.2, 0.25) is 0 Å². The van der Waals surface area contributed by atoms with Gasteiger partial charge in [-0.1, -0.05) is 35.7 Å². The molecule has 3 heteroatoms. The molecule has 0 saturated heterocycles. The first-order valence-electron chi connectivity index (χ1n) is 5.75. The summed E-state index contributed by atoms with van der Waals surface area (Å²) in [6.45, 7) is 2.07. The smallest absolute Gasteiger partial charge is 0.0595 e. The Bertz CT molecular complexity index is 384. The highest BCUT2D eigenvalue weighted by molar-refractivity contribution is 6.42. The van der Waals surface area contributed by atoms with Crippen LogP contribution in [0.2, 0.25) is 10.0 Å². The molecule has 0 bridgehead atoms. The van der Waals surface area contributed by atoms with Crippen LogP contribution < -0.4 is 5.73 Å². The quantitative estimate of drug-likeness (QED) is 0.865. The molecule has 1 aromatic carbocycles. The molecule has 0 spiro atoms. The monoisotopic (exact) mass is 257 g/mol. The third kappa shape index (κ3) is 2.22. The van der Waals surface area contributed by atoms with Crippen molar-refractivity contribution >= 4 is 23.2 Å². The molecule has 1 unspecified atom stereocenters. The minimum absolute atomic E-state index is 0.231. The summed E-state index contributed by atoms with van der Waals surface area (Å²) in [4.78, 5) is 0. The zero-order chi connectivity index (χ0) is 11.8. The zero-order valence-electron chi connectivity index (χ0n) is 9.47. The maximum absolute atomic E-state index is 6.07. The first kappa shape index (κ1) is 12.2. The van der Waals surface area contributed by atoms with E-state index >= 15 is 0 Å². The molecular formula is C13H17Cl2N. The van der Waals surface area contributed by atoms with Crippen molar-refractivity contribution < 1.29 is 0 Å². The fourth-order valence-electron chi connectivity index (χ4n) is 2.66. The van der Waals surface area contributed by atoms with Crippen LogP contribution in [0, 0.1) is 0 Å². The molecule has 2 rings (SSSR count). The van der Waals surface area contributed by atoms with Gasteiger partial charge in [-0.3, -0.25) is 0 Å². The second-order valence-corrected chi connectivity index (χ2v) is 5.76. The summed E-state index contributed by atoms with van der Waals surface area (Å²) < 4.78 is 0. The summed E-state index contributed by atoms with van der Waals surface area (Å²) in [5, 5.41) is 1.27. The van der Waals surface area contributed by atoms with Gasteiger partial charge in [0.05, 0.1) is 10.0 Å². The Hall–Kier alpha value is -0.240. The molecule has 0 aliphatic heterocycles. The summed E-state index contributed by atoms with van der Waals surface area (Å²) >= 11 is 12.0. The van der Waals surface area contributed by atoms with Crippen LogP contribution in [0.15, 0.2) is 18.2 Å². The average molecular weight is 258 g/mol. The summed E-state index contributed by atoms with van der Waals surface area (Å²) in [6, 6.07) is 6.22. The highest BCUT2D eigenvalue weighted by Gasteiger charge is 2.39. The van der Waals surface area contributed by atoms with E-state index in [0.717, 1.165) is 6.42 Å². The second-order valence-electron chi connectivity index (χ2n) is 4.94. The molecule has 1 fully saturated rings. The lowest BCUT2D eigenvalue weighted by atomic mass is 9.61. The number of halogens is 2. The van der Waals surface area contributed by atoms with Crippen molar-refractivity contribution in [2.24, 2.45) is 5.73 Å². The highest BCUT2D eigenvalue weighted by atomic mass is 35.5. The van der Waals surface area contributed by atoms with Crippen molar-refractivity contribution in [2.75, 3.05) is 0 Å². The normalized spacial score (nSPS) is 20.2. The van der Waals surface area contributed by atoms with Gasteiger partial charge in [0.25, 0.3) is 0 Å². The Morgan fingerprint density at radius 3 is 2.44 bits per heavy atom. The van der Waals surface area contributed by atoms with Gasteiger partial charge in [-0.2, -0.15) is 0 Å². The van der Waals surface area contributed by atoms with Gasteiger partial charge in [-0.25, -0.2) is 0 Å². The SMILES string of the molecule is CC(N)CC1(c2ccc(Cl)c(Cl)c2)CCC1. The minimum Gasteiger partial charge on any atom is -0.328 e. The van der Waals surface area contributed by atoms with Crippen molar-refractivity contribution in [3.63, 3.8) is 0 Å². The number of hydrogen-bond acceptors (Lipinski definition) is 1. The molecule has 16 heavy (non-hydrogen) atoms. The maximum atomic E-state index is 6.07. The Labute approximate surface area is 107 Å². The van der Waals surface area contributed by atoms with E-state index < -0.39 is 0 Å². The highest BCUT2D eigenvalue weighted by Crippen LogP contribution is 2.47. The van der Waals surface area contributed by atoms with Gasteiger partial charge < -0.3 is 5.73 Å². The van der Waals surface area contributed by atoms with Crippen LogP contribution in [-0.4, -0.2) is 6.04 Å². The molecule has 1 aliphatic rings. The third-order valence-corrected chi connectivity index (χ3v) is 4.29. The van der Waals surface area contributed by atoms with Crippen LogP contribution >= 0.6 is 23.2 Å². The van der Waals surface area contributed by atoms with Crippen LogP contribution in [0.3, 0.4) is 0 Å². The Balaban J connectivity index is 2.29. The molecule has 0 aromatic heterocycles. The molecule has 0 amide bonds. The number of nitrogens with two attached hydrogens (primary N) is 1. The van der Waals surface area contributed by atoms with Gasteiger partial charge in [0.1, 0.15) is 0 Å². The van der Waals surface area contributed by atoms with E-state index in [-0.39, 0.29) is 11.5 Å². The molecule has 1 aliphatic carbocycles. The molecule has 0 radical (unpaired) electrons. The van der Waals surface area contributed by atoms with Crippen molar-refractivity contribution in [3.8, 4) is 0 Å². The third-order valence-electron chi connectivity index (χ3n) is 3.56. The van der Waals surface area contributed by atoms with Crippen LogP contribution in [0.4, 0.5) is 0 Å². The van der Waals surface area contributed by atoms with Gasteiger partial charge in [-0.15, -0.1) is 0 Å². The van der Waals surface area contributed by atoms with Crippen molar-refractivity contribution in [1.29, 1.82) is 0 Å². The van der Waals surface area contributed by atoms with E-state index in [1.54, 1.807) is 0 Å². The summed E-state index contributed by atoms with van der Waals surface area (Å²) in [5.74, 6) is 0. The minimum atomic E-state index is 0.231. The van der Waals surface area contributed by atoms with E-state index in [1.165, 1.54) is 24.8 Å². The predicted octanol–water partition coefficient (Wildman–Crippen LogP) is 4.15. The van der Waals surface area contributed by atoms with E-state index in [0.29, 0.717) is 10.0 Å². The largest absolute Gasteiger partial charge is 0.328 e. The van der Waals surface area contributed by atoms with Gasteiger partial charge in [0, 0.05) is 6.04 Å². The fourth-order valence-corrected chi connectivity index (χ4v) is 2.95. The first-order chi connectivity index (χ1) is 7.53. The first-order valence-corrected chi connectivity index (χ1v) is 6.50. The van der Waals surface area contributed by atoms with Crippen LogP contribution in [-0.2, 0) is 5.41 Å². The summed E-state index contributed by atoms with van der Waals surface area (Å²) in [6.07, 6.45) is 4.75. The van der Waals surface area contributed by atoms with Crippen LogP contribution in [0.1, 0.15) is 38.2 Å². The molecule has 1 nitrogen and oxygen atoms in total. The van der Waals surface area contributed by atoms with Gasteiger partial charge in [0.15, 0.2) is 0 Å². The topological polar surface area (TPSA) is 26.0 Å². The Morgan fingerprint density at radius 2 is 2.00 bits per heavy atom. The van der Waals surface area contributed by atoms with E-state index in [2.05, 4.69) is 13.0 Å². The molecular weight excluding hydrogens is 241 g/mol. The number of rotatable bonds is 3. The lowest BCUT2D eigenvalue weighted by molar-refractivity contribution is 0.213. The van der Waals surface area contributed by atoms with Crippen molar-refractivity contribution in [2.45, 2.75) is 44.1 Å². The summed E-state index contributed by atoms with van der Waals surface area (Å²) in [7, 11) is 0. The van der Waals surface area contributed by atoms with E-state index in [1.807, 2.05) is 12.1 Å². The molecule has 1 aromatic rings. The predicted molar refractivity (Wildman–Crippen MR) is 70.3 cm³/mol. The lowest BCUT2D eigenvalue weighted by Gasteiger charge is -2.44. The molecule has 1 saturated carbocycles. The summed E-state index contributed by atoms with van der Waals surface area (Å²) in [5.41, 5.74) is 7.48. The second kappa shape index (κ2) is 4.56. The van der Waals surface area contributed by atoms with Crippen LogP contribution in [0.25, 0.3) is 0 Å². The fraction of sp³-hybridized carbons (Fsp3) is 0.538. The van der Waals surface area contributed by atoms with Crippen LogP contribution in [0.5, 0.6) is 0 Å². The molecule has 88 valence electrons. The zero-order valence-corrected chi connectivity index (χ0v) is 11.0. The standard InChI is InChI=1S/C13H17Cl2N/c1-9(16)8-13(5-2-6-13)10-3-4-11(14)12(15)7-10/h3-4,7,9H,2,5-6,8,16H2,1H3. The van der Waals surface area contributed by atoms with E-state index in [4.69, 9.17) is 28.9 Å². The maximum Gasteiger partial charge on any atom is 0.0595 e. The number of benzene rings is 1. The van der Waals surface area contributed by atoms with Crippen molar-refractivity contribution in [3.05, 3.63) is 33.8 Å². The van der Waals surface area contributed by atoms with Gasteiger partial charge >= 0.3 is 0 Å².